The molecule has 88 valence electrons. The second-order valence-corrected chi connectivity index (χ2v) is 3.97. The zero-order chi connectivity index (χ0) is 11.7. The molecule has 0 aliphatic carbocycles. The standard InChI is InChI=1S/C11H14F2N2O/c1-2-10-7(3-4-14-10)11(16)15-5-8(12)9(13)6-15/h3-4,8-9,14H,2,5-6H2,1H3/t8-,9+. The summed E-state index contributed by atoms with van der Waals surface area (Å²) in [7, 11) is 0. The third-order valence-electron chi connectivity index (χ3n) is 2.89. The van der Waals surface area contributed by atoms with Gasteiger partial charge >= 0.3 is 0 Å². The SMILES string of the molecule is CCc1[nH]ccc1C(=O)N1C[C@@H](F)[C@@H](F)C1. The average Bonchev–Trinajstić information content (AvgIpc) is 2.85. The fourth-order valence-corrected chi connectivity index (χ4v) is 1.96. The molecule has 1 aliphatic rings. The number of nitrogens with one attached hydrogen (secondary N) is 1. The van der Waals surface area contributed by atoms with Gasteiger partial charge in [-0.25, -0.2) is 8.78 Å². The molecule has 0 bridgehead atoms. The summed E-state index contributed by atoms with van der Waals surface area (Å²) in [5.74, 6) is -0.291. The Balaban J connectivity index is 2.14. The molecule has 1 N–H and O–H groups in total. The molecule has 0 saturated carbocycles. The lowest BCUT2D eigenvalue weighted by Gasteiger charge is -2.14. The molecule has 1 aromatic heterocycles. The molecule has 0 aromatic carbocycles. The molecule has 0 spiro atoms. The number of carbonyl (C=O) groups excluding carboxylic acids is 1. The maximum Gasteiger partial charge on any atom is 0.255 e. The summed E-state index contributed by atoms with van der Waals surface area (Å²) in [6.45, 7) is 1.63. The minimum atomic E-state index is -1.55. The molecule has 2 atom stereocenters. The maximum absolute atomic E-state index is 13.0. The molecule has 2 rings (SSSR count). The fourth-order valence-electron chi connectivity index (χ4n) is 1.96. The minimum absolute atomic E-state index is 0.145. The normalized spacial score (nSPS) is 25.1. The summed E-state index contributed by atoms with van der Waals surface area (Å²) in [6.07, 6.45) is -0.733. The van der Waals surface area contributed by atoms with Gasteiger partial charge in [-0.1, -0.05) is 6.92 Å². The van der Waals surface area contributed by atoms with Crippen LogP contribution in [0, 0.1) is 0 Å². The van der Waals surface area contributed by atoms with Crippen LogP contribution in [0.15, 0.2) is 12.3 Å². The zero-order valence-electron chi connectivity index (χ0n) is 9.04. The van der Waals surface area contributed by atoms with E-state index in [2.05, 4.69) is 4.98 Å². The summed E-state index contributed by atoms with van der Waals surface area (Å²) in [5.41, 5.74) is 1.33. The highest BCUT2D eigenvalue weighted by molar-refractivity contribution is 5.95. The van der Waals surface area contributed by atoms with E-state index < -0.39 is 12.3 Å². The molecule has 1 aromatic rings. The number of aromatic nitrogens is 1. The summed E-state index contributed by atoms with van der Waals surface area (Å²) < 4.78 is 25.9. The first-order valence-electron chi connectivity index (χ1n) is 5.37. The van der Waals surface area contributed by atoms with Gasteiger partial charge in [-0.3, -0.25) is 4.79 Å². The van der Waals surface area contributed by atoms with Crippen LogP contribution < -0.4 is 0 Å². The van der Waals surface area contributed by atoms with Crippen molar-refractivity contribution in [3.05, 3.63) is 23.5 Å². The van der Waals surface area contributed by atoms with Gasteiger partial charge in [0.25, 0.3) is 5.91 Å². The third-order valence-corrected chi connectivity index (χ3v) is 2.89. The first-order chi connectivity index (χ1) is 7.63. The predicted octanol–water partition coefficient (Wildman–Crippen LogP) is 1.71. The number of hydrogen-bond acceptors (Lipinski definition) is 1. The molecular weight excluding hydrogens is 214 g/mol. The Morgan fingerprint density at radius 1 is 1.50 bits per heavy atom. The summed E-state index contributed by atoms with van der Waals surface area (Å²) in [5, 5.41) is 0. The largest absolute Gasteiger partial charge is 0.364 e. The van der Waals surface area contributed by atoms with Crippen LogP contribution in [0.2, 0.25) is 0 Å². The van der Waals surface area contributed by atoms with Crippen LogP contribution >= 0.6 is 0 Å². The lowest BCUT2D eigenvalue weighted by atomic mass is 10.2. The van der Waals surface area contributed by atoms with Crippen LogP contribution in [-0.2, 0) is 6.42 Å². The topological polar surface area (TPSA) is 36.1 Å². The predicted molar refractivity (Wildman–Crippen MR) is 55.9 cm³/mol. The lowest BCUT2D eigenvalue weighted by Crippen LogP contribution is -2.29. The molecule has 2 heterocycles. The Hall–Kier alpha value is -1.39. The Morgan fingerprint density at radius 2 is 2.12 bits per heavy atom. The molecule has 0 unspecified atom stereocenters. The van der Waals surface area contributed by atoms with Crippen molar-refractivity contribution in [3.63, 3.8) is 0 Å². The number of amides is 1. The van der Waals surface area contributed by atoms with E-state index in [-0.39, 0.29) is 19.0 Å². The van der Waals surface area contributed by atoms with E-state index in [1.807, 2.05) is 6.92 Å². The number of H-pyrrole nitrogens is 1. The first kappa shape index (κ1) is 11.1. The number of carbonyl (C=O) groups is 1. The van der Waals surface area contributed by atoms with Crippen LogP contribution in [0.1, 0.15) is 23.0 Å². The van der Waals surface area contributed by atoms with E-state index in [1.165, 1.54) is 4.90 Å². The fraction of sp³-hybridized carbons (Fsp3) is 0.545. The minimum Gasteiger partial charge on any atom is -0.364 e. The van der Waals surface area contributed by atoms with Gasteiger partial charge in [-0.05, 0) is 12.5 Å². The number of hydrogen-bond donors (Lipinski definition) is 1. The van der Waals surface area contributed by atoms with E-state index in [4.69, 9.17) is 0 Å². The Labute approximate surface area is 92.4 Å². The van der Waals surface area contributed by atoms with Gasteiger partial charge < -0.3 is 9.88 Å². The van der Waals surface area contributed by atoms with Crippen molar-refractivity contribution < 1.29 is 13.6 Å². The molecule has 1 amide bonds. The molecule has 1 aliphatic heterocycles. The summed E-state index contributed by atoms with van der Waals surface area (Å²) in [6, 6.07) is 1.65. The van der Waals surface area contributed by atoms with Crippen molar-refractivity contribution in [2.75, 3.05) is 13.1 Å². The molecule has 1 fully saturated rings. The van der Waals surface area contributed by atoms with Crippen molar-refractivity contribution in [2.45, 2.75) is 25.7 Å². The monoisotopic (exact) mass is 228 g/mol. The van der Waals surface area contributed by atoms with Crippen molar-refractivity contribution in [1.29, 1.82) is 0 Å². The smallest absolute Gasteiger partial charge is 0.255 e. The van der Waals surface area contributed by atoms with Crippen LogP contribution in [0.25, 0.3) is 0 Å². The Kier molecular flexibility index (Phi) is 2.94. The number of halogens is 2. The quantitative estimate of drug-likeness (QED) is 0.821. The highest BCUT2D eigenvalue weighted by atomic mass is 19.2. The maximum atomic E-state index is 13.0. The molecule has 16 heavy (non-hydrogen) atoms. The average molecular weight is 228 g/mol. The second kappa shape index (κ2) is 4.23. The zero-order valence-corrected chi connectivity index (χ0v) is 9.04. The van der Waals surface area contributed by atoms with Crippen molar-refractivity contribution in [1.82, 2.24) is 9.88 Å². The van der Waals surface area contributed by atoms with E-state index >= 15 is 0 Å². The van der Waals surface area contributed by atoms with Crippen molar-refractivity contribution in [3.8, 4) is 0 Å². The number of aryl methyl sites for hydroxylation is 1. The summed E-state index contributed by atoms with van der Waals surface area (Å²) >= 11 is 0. The van der Waals surface area contributed by atoms with Gasteiger partial charge in [-0.15, -0.1) is 0 Å². The van der Waals surface area contributed by atoms with Gasteiger partial charge in [-0.2, -0.15) is 0 Å². The highest BCUT2D eigenvalue weighted by Crippen LogP contribution is 2.20. The van der Waals surface area contributed by atoms with E-state index in [0.717, 1.165) is 5.69 Å². The van der Waals surface area contributed by atoms with Crippen molar-refractivity contribution in [2.24, 2.45) is 0 Å². The first-order valence-corrected chi connectivity index (χ1v) is 5.37. The number of aromatic amines is 1. The van der Waals surface area contributed by atoms with Crippen molar-refractivity contribution >= 4 is 5.91 Å². The Bertz CT molecular complexity index is 381. The van der Waals surface area contributed by atoms with E-state index in [1.54, 1.807) is 12.3 Å². The third kappa shape index (κ3) is 1.81. The molecule has 3 nitrogen and oxygen atoms in total. The number of rotatable bonds is 2. The molecule has 0 radical (unpaired) electrons. The molecular formula is C11H14F2N2O. The lowest BCUT2D eigenvalue weighted by molar-refractivity contribution is 0.0778. The van der Waals surface area contributed by atoms with E-state index in [0.29, 0.717) is 12.0 Å². The van der Waals surface area contributed by atoms with Crippen LogP contribution in [0.5, 0.6) is 0 Å². The molecule has 1 saturated heterocycles. The van der Waals surface area contributed by atoms with Crippen LogP contribution in [-0.4, -0.2) is 41.2 Å². The number of alkyl halides is 2. The number of nitrogens with zero attached hydrogens (tertiary/aromatic N) is 1. The van der Waals surface area contributed by atoms with E-state index in [9.17, 15) is 13.6 Å². The summed E-state index contributed by atoms with van der Waals surface area (Å²) in [4.78, 5) is 16.1. The van der Waals surface area contributed by atoms with Gasteiger partial charge in [0.1, 0.15) is 0 Å². The molecule has 5 heteroatoms. The number of likely N-dealkylation sites (tertiary alicyclic amines) is 1. The van der Waals surface area contributed by atoms with Gasteiger partial charge in [0.15, 0.2) is 12.3 Å². The van der Waals surface area contributed by atoms with Crippen LogP contribution in [0.3, 0.4) is 0 Å². The van der Waals surface area contributed by atoms with Gasteiger partial charge in [0.2, 0.25) is 0 Å². The Morgan fingerprint density at radius 3 is 2.69 bits per heavy atom. The second-order valence-electron chi connectivity index (χ2n) is 3.97. The highest BCUT2D eigenvalue weighted by Gasteiger charge is 2.36. The van der Waals surface area contributed by atoms with Gasteiger partial charge in [0.05, 0.1) is 18.7 Å². The van der Waals surface area contributed by atoms with Gasteiger partial charge in [0, 0.05) is 11.9 Å². The van der Waals surface area contributed by atoms with Crippen LogP contribution in [0.4, 0.5) is 8.78 Å².